The second-order valence-electron chi connectivity index (χ2n) is 9.99. The minimum atomic E-state index is 0.112. The zero-order chi connectivity index (χ0) is 25.9. The molecule has 9 heteroatoms. The molecule has 0 atom stereocenters. The molecule has 4 aromatic rings. The molecule has 196 valence electrons. The Morgan fingerprint density at radius 1 is 1.03 bits per heavy atom. The van der Waals surface area contributed by atoms with Gasteiger partial charge in [-0.1, -0.05) is 18.9 Å². The van der Waals surface area contributed by atoms with Gasteiger partial charge in [0.1, 0.15) is 17.3 Å². The number of anilines is 2. The highest BCUT2D eigenvalue weighted by molar-refractivity contribution is 5.92. The summed E-state index contributed by atoms with van der Waals surface area (Å²) >= 11 is 0. The van der Waals surface area contributed by atoms with Gasteiger partial charge in [-0.25, -0.2) is 14.5 Å². The predicted octanol–water partition coefficient (Wildman–Crippen LogP) is 4.86. The average molecular weight is 512 g/mol. The van der Waals surface area contributed by atoms with Crippen LogP contribution in [0.5, 0.6) is 5.75 Å². The summed E-state index contributed by atoms with van der Waals surface area (Å²) in [5.74, 6) is 2.29. The molecular formula is C29H33N7O2. The number of carbonyl (C=O) groups is 1. The number of carbonyl (C=O) groups excluding carboxylic acids is 1. The third-order valence-corrected chi connectivity index (χ3v) is 7.50. The highest BCUT2D eigenvalue weighted by Crippen LogP contribution is 2.36. The van der Waals surface area contributed by atoms with Crippen LogP contribution < -0.4 is 15.4 Å². The molecule has 2 N–H and O–H groups in total. The summed E-state index contributed by atoms with van der Waals surface area (Å²) in [5, 5.41) is 11.9. The molecule has 1 amide bonds. The fraction of sp³-hybridized carbons (Fsp3) is 0.379. The monoisotopic (exact) mass is 511 g/mol. The number of hydrogen-bond acceptors (Lipinski definition) is 7. The second kappa shape index (κ2) is 10.7. The lowest BCUT2D eigenvalue weighted by atomic mass is 10.0. The Bertz CT molecular complexity index is 1420. The van der Waals surface area contributed by atoms with E-state index in [1.54, 1.807) is 13.3 Å². The van der Waals surface area contributed by atoms with Crippen LogP contribution >= 0.6 is 0 Å². The van der Waals surface area contributed by atoms with Crippen LogP contribution in [0.3, 0.4) is 0 Å². The van der Waals surface area contributed by atoms with E-state index in [9.17, 15) is 4.79 Å². The molecule has 1 saturated carbocycles. The normalized spacial score (nSPS) is 15.8. The zero-order valence-electron chi connectivity index (χ0n) is 21.7. The van der Waals surface area contributed by atoms with E-state index in [-0.39, 0.29) is 12.5 Å². The zero-order valence-corrected chi connectivity index (χ0v) is 21.7. The van der Waals surface area contributed by atoms with Gasteiger partial charge in [-0.15, -0.1) is 0 Å². The number of rotatable bonds is 8. The first-order valence-electron chi connectivity index (χ1n) is 13.5. The fourth-order valence-corrected chi connectivity index (χ4v) is 5.47. The standard InChI is InChI=1S/C29H33N7O2/c1-38-22-13-11-20(12-14-22)28-27(23-15-16-30-29(33-23)32-21-7-2-3-8-21)24-9-6-10-25(36(24)34-28)31-19-26(37)35-17-4-5-18-35/h6,9-16,21,31H,2-5,7-8,17-19H2,1H3,(H,30,32,33). The molecule has 0 spiro atoms. The number of fused-ring (bicyclic) bond motifs is 1. The van der Waals surface area contributed by atoms with E-state index in [4.69, 9.17) is 14.8 Å². The number of nitrogens with one attached hydrogen (secondary N) is 2. The number of benzene rings is 1. The smallest absolute Gasteiger partial charge is 0.241 e. The number of aromatic nitrogens is 4. The topological polar surface area (TPSA) is 96.7 Å². The van der Waals surface area contributed by atoms with Gasteiger partial charge in [-0.3, -0.25) is 4.79 Å². The Kier molecular flexibility index (Phi) is 6.81. The number of nitrogens with zero attached hydrogens (tertiary/aromatic N) is 5. The summed E-state index contributed by atoms with van der Waals surface area (Å²) in [5.41, 5.74) is 4.37. The molecule has 2 fully saturated rings. The summed E-state index contributed by atoms with van der Waals surface area (Å²) < 4.78 is 7.25. The molecule has 1 aliphatic heterocycles. The Morgan fingerprint density at radius 3 is 2.58 bits per heavy atom. The van der Waals surface area contributed by atoms with Crippen molar-refractivity contribution in [2.45, 2.75) is 44.6 Å². The summed E-state index contributed by atoms with van der Waals surface area (Å²) in [4.78, 5) is 24.1. The molecule has 0 unspecified atom stereocenters. The number of amides is 1. The first-order chi connectivity index (χ1) is 18.7. The van der Waals surface area contributed by atoms with Gasteiger partial charge in [0.2, 0.25) is 11.9 Å². The Hall–Kier alpha value is -4.14. The van der Waals surface area contributed by atoms with Gasteiger partial charge in [-0.2, -0.15) is 5.10 Å². The summed E-state index contributed by atoms with van der Waals surface area (Å²) in [6.07, 6.45) is 8.72. The van der Waals surface area contributed by atoms with E-state index < -0.39 is 0 Å². The highest BCUT2D eigenvalue weighted by atomic mass is 16.5. The average Bonchev–Trinajstić information content (AvgIpc) is 3.73. The third kappa shape index (κ3) is 4.88. The van der Waals surface area contributed by atoms with Gasteiger partial charge in [-0.05, 0) is 68.1 Å². The quantitative estimate of drug-likeness (QED) is 0.349. The third-order valence-electron chi connectivity index (χ3n) is 7.50. The molecule has 2 aliphatic rings. The van der Waals surface area contributed by atoms with Crippen molar-refractivity contribution in [2.75, 3.05) is 37.4 Å². The molecule has 1 aromatic carbocycles. The maximum Gasteiger partial charge on any atom is 0.241 e. The van der Waals surface area contributed by atoms with Gasteiger partial charge in [0.15, 0.2) is 0 Å². The lowest BCUT2D eigenvalue weighted by Gasteiger charge is -2.16. The van der Waals surface area contributed by atoms with Crippen LogP contribution in [-0.4, -0.2) is 63.2 Å². The molecule has 3 aromatic heterocycles. The molecule has 9 nitrogen and oxygen atoms in total. The molecule has 0 radical (unpaired) electrons. The first-order valence-corrected chi connectivity index (χ1v) is 13.5. The summed E-state index contributed by atoms with van der Waals surface area (Å²) in [7, 11) is 1.66. The van der Waals surface area contributed by atoms with Crippen molar-refractivity contribution in [3.8, 4) is 28.3 Å². The molecule has 4 heterocycles. The van der Waals surface area contributed by atoms with Gasteiger partial charge >= 0.3 is 0 Å². The lowest BCUT2D eigenvalue weighted by molar-refractivity contribution is -0.128. The first kappa shape index (κ1) is 24.2. The molecular weight excluding hydrogens is 478 g/mol. The van der Waals surface area contributed by atoms with Crippen molar-refractivity contribution in [3.63, 3.8) is 0 Å². The van der Waals surface area contributed by atoms with Crippen LogP contribution in [0, 0.1) is 0 Å². The van der Waals surface area contributed by atoms with Crippen LogP contribution in [0.2, 0.25) is 0 Å². The highest BCUT2D eigenvalue weighted by Gasteiger charge is 2.22. The molecule has 38 heavy (non-hydrogen) atoms. The van der Waals surface area contributed by atoms with Crippen molar-refractivity contribution in [2.24, 2.45) is 0 Å². The number of ether oxygens (including phenoxy) is 1. The molecule has 0 bridgehead atoms. The second-order valence-corrected chi connectivity index (χ2v) is 9.99. The van der Waals surface area contributed by atoms with E-state index in [0.717, 1.165) is 78.4 Å². The van der Waals surface area contributed by atoms with Crippen LogP contribution in [0.4, 0.5) is 11.8 Å². The molecule has 1 saturated heterocycles. The summed E-state index contributed by atoms with van der Waals surface area (Å²) in [6.45, 7) is 1.90. The largest absolute Gasteiger partial charge is 0.497 e. The van der Waals surface area contributed by atoms with Crippen molar-refractivity contribution in [1.29, 1.82) is 0 Å². The van der Waals surface area contributed by atoms with Crippen LogP contribution in [0.25, 0.3) is 28.0 Å². The predicted molar refractivity (Wildman–Crippen MR) is 148 cm³/mol. The van der Waals surface area contributed by atoms with Crippen LogP contribution in [-0.2, 0) is 4.79 Å². The van der Waals surface area contributed by atoms with Gasteiger partial charge in [0.05, 0.1) is 30.4 Å². The van der Waals surface area contributed by atoms with E-state index in [1.807, 2.05) is 57.9 Å². The van der Waals surface area contributed by atoms with E-state index >= 15 is 0 Å². The number of hydrogen-bond donors (Lipinski definition) is 2. The lowest BCUT2D eigenvalue weighted by Crippen LogP contribution is -2.33. The van der Waals surface area contributed by atoms with Crippen molar-refractivity contribution in [3.05, 3.63) is 54.7 Å². The van der Waals surface area contributed by atoms with E-state index in [1.165, 1.54) is 12.8 Å². The Morgan fingerprint density at radius 2 is 1.82 bits per heavy atom. The minimum absolute atomic E-state index is 0.112. The van der Waals surface area contributed by atoms with Gasteiger partial charge < -0.3 is 20.3 Å². The Balaban J connectivity index is 1.40. The number of pyridine rings is 1. The Labute approximate surface area is 222 Å². The van der Waals surface area contributed by atoms with E-state index in [2.05, 4.69) is 15.6 Å². The molecule has 1 aliphatic carbocycles. The van der Waals surface area contributed by atoms with E-state index in [0.29, 0.717) is 12.0 Å². The van der Waals surface area contributed by atoms with Gasteiger partial charge in [0, 0.05) is 30.9 Å². The van der Waals surface area contributed by atoms with Crippen molar-refractivity contribution >= 4 is 23.2 Å². The fourth-order valence-electron chi connectivity index (χ4n) is 5.47. The van der Waals surface area contributed by atoms with Crippen LogP contribution in [0.15, 0.2) is 54.7 Å². The number of likely N-dealkylation sites (tertiary alicyclic amines) is 1. The number of methoxy groups -OCH3 is 1. The van der Waals surface area contributed by atoms with Crippen molar-refractivity contribution in [1.82, 2.24) is 24.5 Å². The molecule has 6 rings (SSSR count). The van der Waals surface area contributed by atoms with Crippen molar-refractivity contribution < 1.29 is 9.53 Å². The van der Waals surface area contributed by atoms with Crippen LogP contribution in [0.1, 0.15) is 38.5 Å². The SMILES string of the molecule is COc1ccc(-c2nn3c(NCC(=O)N4CCCC4)cccc3c2-c2ccnc(NC3CCCC3)n2)cc1. The maximum absolute atomic E-state index is 12.7. The summed E-state index contributed by atoms with van der Waals surface area (Å²) in [6, 6.07) is 16.2. The maximum atomic E-state index is 12.7. The minimum Gasteiger partial charge on any atom is -0.497 e. The van der Waals surface area contributed by atoms with Gasteiger partial charge in [0.25, 0.3) is 0 Å².